The van der Waals surface area contributed by atoms with Crippen molar-refractivity contribution < 1.29 is 0 Å². The summed E-state index contributed by atoms with van der Waals surface area (Å²) in [5.41, 5.74) is 3.79. The molecule has 0 radical (unpaired) electrons. The Hall–Kier alpha value is -1.62. The van der Waals surface area contributed by atoms with Crippen molar-refractivity contribution in [2.24, 2.45) is 0 Å². The second-order valence-electron chi connectivity index (χ2n) is 7.01. The van der Waals surface area contributed by atoms with Gasteiger partial charge in [-0.05, 0) is 52.2 Å². The number of para-hydroxylation sites is 1. The number of nitrogens with zero attached hydrogens (tertiary/aromatic N) is 3. The highest BCUT2D eigenvalue weighted by Crippen LogP contribution is 2.30. The van der Waals surface area contributed by atoms with Crippen LogP contribution in [0.2, 0.25) is 0 Å². The van der Waals surface area contributed by atoms with Crippen LogP contribution in [0.1, 0.15) is 31.9 Å². The fourth-order valence-corrected chi connectivity index (χ4v) is 3.48. The van der Waals surface area contributed by atoms with Gasteiger partial charge in [-0.25, -0.2) is 0 Å². The van der Waals surface area contributed by atoms with E-state index in [1.807, 2.05) is 6.20 Å². The minimum atomic E-state index is 0. The van der Waals surface area contributed by atoms with E-state index in [9.17, 15) is 0 Å². The summed E-state index contributed by atoms with van der Waals surface area (Å²) in [7, 11) is 4.24. The number of nitrogens with one attached hydrogen (secondary N) is 1. The second-order valence-corrected chi connectivity index (χ2v) is 7.01. The van der Waals surface area contributed by atoms with Crippen molar-refractivity contribution in [2.45, 2.75) is 39.3 Å². The van der Waals surface area contributed by atoms with Gasteiger partial charge in [0.15, 0.2) is 0 Å². The number of aromatic nitrogens is 2. The number of pyridine rings is 1. The smallest absolute Gasteiger partial charge is 0.0784 e. The van der Waals surface area contributed by atoms with Crippen LogP contribution in [0.5, 0.6) is 0 Å². The number of unbranched alkanes of at least 4 members (excludes halogenated alkanes) is 1. The quantitative estimate of drug-likeness (QED) is 0.561. The summed E-state index contributed by atoms with van der Waals surface area (Å²) in [4.78, 5) is 6.94. The minimum absolute atomic E-state index is 0. The van der Waals surface area contributed by atoms with Crippen LogP contribution in [0, 0.1) is 0 Å². The molecule has 26 heavy (non-hydrogen) atoms. The Labute approximate surface area is 163 Å². The molecule has 4 nitrogen and oxygen atoms in total. The average molecular weight is 375 g/mol. The molecule has 142 valence electrons. The first-order chi connectivity index (χ1) is 12.2. The molecule has 2 heterocycles. The third-order valence-electron chi connectivity index (χ3n) is 4.74. The topological polar surface area (TPSA) is 33.1 Å². The predicted octanol–water partition coefficient (Wildman–Crippen LogP) is 4.45. The van der Waals surface area contributed by atoms with E-state index in [4.69, 9.17) is 4.98 Å². The average Bonchev–Trinajstić information content (AvgIpc) is 2.94. The Kier molecular flexibility index (Phi) is 7.88. The molecule has 3 aromatic rings. The molecule has 0 bridgehead atoms. The van der Waals surface area contributed by atoms with Crippen LogP contribution >= 0.6 is 12.4 Å². The summed E-state index contributed by atoms with van der Waals surface area (Å²) in [5, 5.41) is 6.24. The highest BCUT2D eigenvalue weighted by molar-refractivity contribution is 6.08. The largest absolute Gasteiger partial charge is 0.339 e. The molecular weight excluding hydrogens is 344 g/mol. The summed E-state index contributed by atoms with van der Waals surface area (Å²) in [5.74, 6) is 0. The lowest BCUT2D eigenvalue weighted by Gasteiger charge is -2.12. The SMILES string of the molecule is CCCCn1c2ccccc2c2ccnc(CNCCCN(C)C)c21.Cl. The fourth-order valence-electron chi connectivity index (χ4n) is 3.48. The molecule has 0 aliphatic heterocycles. The molecule has 0 amide bonds. The Bertz CT molecular complexity index is 825. The molecule has 0 saturated carbocycles. The van der Waals surface area contributed by atoms with E-state index in [2.05, 4.69) is 66.1 Å². The molecule has 5 heteroatoms. The zero-order valence-electron chi connectivity index (χ0n) is 16.2. The molecule has 0 unspecified atom stereocenters. The lowest BCUT2D eigenvalue weighted by molar-refractivity contribution is 0.394. The summed E-state index contributed by atoms with van der Waals surface area (Å²) >= 11 is 0. The van der Waals surface area contributed by atoms with Crippen molar-refractivity contribution in [3.63, 3.8) is 0 Å². The first-order valence-electron chi connectivity index (χ1n) is 9.42. The van der Waals surface area contributed by atoms with Gasteiger partial charge < -0.3 is 14.8 Å². The van der Waals surface area contributed by atoms with Crippen LogP contribution in [-0.4, -0.2) is 41.6 Å². The van der Waals surface area contributed by atoms with E-state index in [0.29, 0.717) is 0 Å². The Balaban J connectivity index is 0.00000243. The van der Waals surface area contributed by atoms with E-state index < -0.39 is 0 Å². The summed E-state index contributed by atoms with van der Waals surface area (Å²) in [6, 6.07) is 10.9. The van der Waals surface area contributed by atoms with Crippen LogP contribution in [0.4, 0.5) is 0 Å². The maximum absolute atomic E-state index is 4.71. The molecule has 1 aromatic carbocycles. The Morgan fingerprint density at radius 2 is 1.88 bits per heavy atom. The highest BCUT2D eigenvalue weighted by atomic mass is 35.5. The Morgan fingerprint density at radius 3 is 2.65 bits per heavy atom. The van der Waals surface area contributed by atoms with Gasteiger partial charge in [-0.1, -0.05) is 31.5 Å². The lowest BCUT2D eigenvalue weighted by Crippen LogP contribution is -2.21. The van der Waals surface area contributed by atoms with Crippen molar-refractivity contribution in [3.8, 4) is 0 Å². The van der Waals surface area contributed by atoms with Crippen molar-refractivity contribution in [1.82, 2.24) is 19.8 Å². The van der Waals surface area contributed by atoms with Gasteiger partial charge in [0.2, 0.25) is 0 Å². The van der Waals surface area contributed by atoms with E-state index >= 15 is 0 Å². The Morgan fingerprint density at radius 1 is 1.08 bits per heavy atom. The predicted molar refractivity (Wildman–Crippen MR) is 114 cm³/mol. The lowest BCUT2D eigenvalue weighted by atomic mass is 10.1. The number of aryl methyl sites for hydroxylation is 1. The molecule has 0 aliphatic carbocycles. The number of hydrogen-bond acceptors (Lipinski definition) is 3. The molecule has 1 N–H and O–H groups in total. The first kappa shape index (κ1) is 20.7. The van der Waals surface area contributed by atoms with Crippen LogP contribution in [0.25, 0.3) is 21.8 Å². The maximum Gasteiger partial charge on any atom is 0.0784 e. The van der Waals surface area contributed by atoms with Gasteiger partial charge in [-0.15, -0.1) is 12.4 Å². The van der Waals surface area contributed by atoms with E-state index in [1.54, 1.807) is 0 Å². The molecule has 0 aliphatic rings. The molecule has 0 spiro atoms. The summed E-state index contributed by atoms with van der Waals surface area (Å²) < 4.78 is 2.47. The van der Waals surface area contributed by atoms with Gasteiger partial charge in [0, 0.05) is 35.6 Å². The van der Waals surface area contributed by atoms with Crippen molar-refractivity contribution in [3.05, 3.63) is 42.2 Å². The second kappa shape index (κ2) is 9.91. The van der Waals surface area contributed by atoms with Gasteiger partial charge >= 0.3 is 0 Å². The van der Waals surface area contributed by atoms with E-state index in [0.717, 1.165) is 38.3 Å². The van der Waals surface area contributed by atoms with Crippen LogP contribution in [0.3, 0.4) is 0 Å². The number of benzene rings is 1. The summed E-state index contributed by atoms with van der Waals surface area (Å²) in [6.07, 6.45) is 5.50. The van der Waals surface area contributed by atoms with Gasteiger partial charge in [0.1, 0.15) is 0 Å². The fraction of sp³-hybridized carbons (Fsp3) is 0.476. The first-order valence-corrected chi connectivity index (χ1v) is 9.42. The normalized spacial score (nSPS) is 11.4. The minimum Gasteiger partial charge on any atom is -0.339 e. The molecule has 3 rings (SSSR count). The molecule has 0 atom stereocenters. The number of fused-ring (bicyclic) bond motifs is 3. The van der Waals surface area contributed by atoms with Crippen molar-refractivity contribution in [1.29, 1.82) is 0 Å². The molecule has 0 fully saturated rings. The number of hydrogen-bond donors (Lipinski definition) is 1. The van der Waals surface area contributed by atoms with Crippen molar-refractivity contribution >= 4 is 34.2 Å². The van der Waals surface area contributed by atoms with E-state index in [1.165, 1.54) is 34.6 Å². The number of rotatable bonds is 9. The molecule has 0 saturated heterocycles. The summed E-state index contributed by atoms with van der Waals surface area (Å²) in [6.45, 7) is 6.26. The molecule has 2 aromatic heterocycles. The van der Waals surface area contributed by atoms with Crippen LogP contribution in [0.15, 0.2) is 36.5 Å². The van der Waals surface area contributed by atoms with Crippen LogP contribution in [-0.2, 0) is 13.1 Å². The van der Waals surface area contributed by atoms with Gasteiger partial charge in [-0.2, -0.15) is 0 Å². The third-order valence-corrected chi connectivity index (χ3v) is 4.74. The number of halogens is 1. The molecular formula is C21H31ClN4. The van der Waals surface area contributed by atoms with E-state index in [-0.39, 0.29) is 12.4 Å². The zero-order chi connectivity index (χ0) is 17.6. The van der Waals surface area contributed by atoms with Gasteiger partial charge in [-0.3, -0.25) is 4.98 Å². The van der Waals surface area contributed by atoms with Gasteiger partial charge in [0.05, 0.1) is 11.2 Å². The standard InChI is InChI=1S/C21H30N4.ClH/c1-4-5-15-25-20-10-7-6-9-17(20)18-11-13-23-19(21(18)25)16-22-12-8-14-24(2)3;/h6-7,9-11,13,22H,4-5,8,12,14-16H2,1-3H3;1H. The van der Waals surface area contributed by atoms with Crippen LogP contribution < -0.4 is 5.32 Å². The third kappa shape index (κ3) is 4.56. The van der Waals surface area contributed by atoms with Crippen molar-refractivity contribution in [2.75, 3.05) is 27.2 Å². The highest BCUT2D eigenvalue weighted by Gasteiger charge is 2.14. The maximum atomic E-state index is 4.71. The van der Waals surface area contributed by atoms with Gasteiger partial charge in [0.25, 0.3) is 0 Å². The monoisotopic (exact) mass is 374 g/mol. The zero-order valence-corrected chi connectivity index (χ0v) is 17.0.